The number of methoxy groups -OCH3 is 1. The second kappa shape index (κ2) is 9.68. The minimum Gasteiger partial charge on any atom is -0.497 e. The number of carbonyl (C=O) groups is 2. The number of sulfonamides is 1. The molecule has 1 atom stereocenters. The SMILES string of the molecule is COc1ccc(S(=O)(=O)N2CCC[C@@H](C(=O)NCC(=O)Nc3ccncc3)C2)cc1. The normalized spacial score (nSPS) is 17.2. The van der Waals surface area contributed by atoms with Crippen molar-refractivity contribution < 1.29 is 22.7 Å². The Kier molecular flexibility index (Phi) is 7.01. The van der Waals surface area contributed by atoms with Crippen LogP contribution in [0.2, 0.25) is 0 Å². The molecule has 2 N–H and O–H groups in total. The van der Waals surface area contributed by atoms with Gasteiger partial charge in [0.25, 0.3) is 0 Å². The van der Waals surface area contributed by atoms with Crippen molar-refractivity contribution in [3.05, 3.63) is 48.8 Å². The molecule has 0 spiro atoms. The summed E-state index contributed by atoms with van der Waals surface area (Å²) < 4.78 is 32.2. The fourth-order valence-electron chi connectivity index (χ4n) is 3.22. The van der Waals surface area contributed by atoms with Crippen LogP contribution in [0.4, 0.5) is 5.69 Å². The number of benzene rings is 1. The Bertz CT molecular complexity index is 980. The third-order valence-electron chi connectivity index (χ3n) is 4.84. The van der Waals surface area contributed by atoms with Gasteiger partial charge in [-0.15, -0.1) is 0 Å². The van der Waals surface area contributed by atoms with E-state index < -0.39 is 15.9 Å². The lowest BCUT2D eigenvalue weighted by Gasteiger charge is -2.31. The van der Waals surface area contributed by atoms with E-state index in [2.05, 4.69) is 15.6 Å². The maximum absolute atomic E-state index is 12.9. The van der Waals surface area contributed by atoms with Gasteiger partial charge < -0.3 is 15.4 Å². The molecule has 9 nitrogen and oxygen atoms in total. The highest BCUT2D eigenvalue weighted by Crippen LogP contribution is 2.25. The number of nitrogens with zero attached hydrogens (tertiary/aromatic N) is 2. The first-order valence-electron chi connectivity index (χ1n) is 9.52. The molecule has 1 saturated heterocycles. The molecule has 3 rings (SSSR count). The van der Waals surface area contributed by atoms with Crippen molar-refractivity contribution in [3.63, 3.8) is 0 Å². The van der Waals surface area contributed by atoms with Crippen LogP contribution >= 0.6 is 0 Å². The number of rotatable bonds is 7. The van der Waals surface area contributed by atoms with Crippen LogP contribution < -0.4 is 15.4 Å². The number of aromatic nitrogens is 1. The van der Waals surface area contributed by atoms with Gasteiger partial charge in [-0.05, 0) is 49.2 Å². The Balaban J connectivity index is 1.56. The molecule has 0 aliphatic carbocycles. The molecule has 1 aromatic heterocycles. The molecular weight excluding hydrogens is 408 g/mol. The maximum atomic E-state index is 12.9. The monoisotopic (exact) mass is 432 g/mol. The number of hydrogen-bond donors (Lipinski definition) is 2. The van der Waals surface area contributed by atoms with Crippen molar-refractivity contribution >= 4 is 27.5 Å². The number of piperidine rings is 1. The van der Waals surface area contributed by atoms with Crippen LogP contribution in [0, 0.1) is 5.92 Å². The number of anilines is 1. The van der Waals surface area contributed by atoms with Crippen molar-refractivity contribution in [1.29, 1.82) is 0 Å². The van der Waals surface area contributed by atoms with Gasteiger partial charge in [-0.2, -0.15) is 4.31 Å². The first-order valence-corrected chi connectivity index (χ1v) is 11.0. The minimum atomic E-state index is -3.71. The highest BCUT2D eigenvalue weighted by atomic mass is 32.2. The summed E-state index contributed by atoms with van der Waals surface area (Å²) in [6.45, 7) is 0.232. The molecule has 1 aliphatic heterocycles. The smallest absolute Gasteiger partial charge is 0.243 e. The van der Waals surface area contributed by atoms with Gasteiger partial charge in [0.2, 0.25) is 21.8 Å². The summed E-state index contributed by atoms with van der Waals surface area (Å²) in [5, 5.41) is 5.25. The Morgan fingerprint density at radius 1 is 1.17 bits per heavy atom. The third-order valence-corrected chi connectivity index (χ3v) is 6.72. The highest BCUT2D eigenvalue weighted by molar-refractivity contribution is 7.89. The molecule has 0 unspecified atom stereocenters. The van der Waals surface area contributed by atoms with Crippen LogP contribution in [0.3, 0.4) is 0 Å². The van der Waals surface area contributed by atoms with Gasteiger partial charge >= 0.3 is 0 Å². The zero-order valence-electron chi connectivity index (χ0n) is 16.6. The zero-order valence-corrected chi connectivity index (χ0v) is 17.4. The van der Waals surface area contributed by atoms with Gasteiger partial charge in [0.05, 0.1) is 24.5 Å². The summed E-state index contributed by atoms with van der Waals surface area (Å²) in [5.74, 6) is -0.655. The quantitative estimate of drug-likeness (QED) is 0.680. The predicted molar refractivity (Wildman–Crippen MR) is 110 cm³/mol. The van der Waals surface area contributed by atoms with E-state index in [1.54, 1.807) is 36.7 Å². The highest BCUT2D eigenvalue weighted by Gasteiger charge is 2.33. The first kappa shape index (κ1) is 21.7. The average molecular weight is 433 g/mol. The predicted octanol–water partition coefficient (Wildman–Crippen LogP) is 1.25. The van der Waals surface area contributed by atoms with Crippen LogP contribution in [0.15, 0.2) is 53.7 Å². The van der Waals surface area contributed by atoms with Gasteiger partial charge in [0.15, 0.2) is 0 Å². The van der Waals surface area contributed by atoms with Gasteiger partial charge in [-0.3, -0.25) is 14.6 Å². The molecule has 30 heavy (non-hydrogen) atoms. The molecule has 2 heterocycles. The molecule has 0 bridgehead atoms. The third kappa shape index (κ3) is 5.33. The molecular formula is C20H24N4O5S. The van der Waals surface area contributed by atoms with Gasteiger partial charge in [-0.1, -0.05) is 0 Å². The standard InChI is InChI=1S/C20H24N4O5S/c1-29-17-4-6-18(7-5-17)30(27,28)24-12-2-3-15(14-24)20(26)22-13-19(25)23-16-8-10-21-11-9-16/h4-11,15H,2-3,12-14H2,1H3,(H,22,26)(H,21,23,25)/t15-/m1/s1. The fraction of sp³-hybridized carbons (Fsp3) is 0.350. The van der Waals surface area contributed by atoms with E-state index in [0.717, 1.165) is 0 Å². The van der Waals surface area contributed by atoms with Crippen molar-refractivity contribution in [2.24, 2.45) is 5.92 Å². The van der Waals surface area contributed by atoms with E-state index in [0.29, 0.717) is 30.8 Å². The summed E-state index contributed by atoms with van der Waals surface area (Å²) in [7, 11) is -2.20. The van der Waals surface area contributed by atoms with Gasteiger partial charge in [0, 0.05) is 31.2 Å². The Hall–Kier alpha value is -2.98. The zero-order chi connectivity index (χ0) is 21.6. The second-order valence-corrected chi connectivity index (χ2v) is 8.82. The lowest BCUT2D eigenvalue weighted by atomic mass is 9.99. The summed E-state index contributed by atoms with van der Waals surface area (Å²) in [4.78, 5) is 28.5. The molecule has 1 aliphatic rings. The summed E-state index contributed by atoms with van der Waals surface area (Å²) in [6, 6.07) is 9.43. The number of carbonyl (C=O) groups excluding carboxylic acids is 2. The van der Waals surface area contributed by atoms with E-state index >= 15 is 0 Å². The molecule has 2 aromatic rings. The van der Waals surface area contributed by atoms with Gasteiger partial charge in [-0.25, -0.2) is 8.42 Å². The average Bonchev–Trinajstić information content (AvgIpc) is 2.78. The number of pyridine rings is 1. The van der Waals surface area contributed by atoms with Gasteiger partial charge in [0.1, 0.15) is 5.75 Å². The van der Waals surface area contributed by atoms with Crippen molar-refractivity contribution in [2.45, 2.75) is 17.7 Å². The van der Waals surface area contributed by atoms with Crippen LogP contribution in [0.1, 0.15) is 12.8 Å². The summed E-state index contributed by atoms with van der Waals surface area (Å²) in [5.41, 5.74) is 0.582. The molecule has 10 heteroatoms. The lowest BCUT2D eigenvalue weighted by Crippen LogP contribution is -2.46. The van der Waals surface area contributed by atoms with Crippen molar-refractivity contribution in [2.75, 3.05) is 32.1 Å². The van der Waals surface area contributed by atoms with Crippen molar-refractivity contribution in [3.8, 4) is 5.75 Å². The summed E-state index contributed by atoms with van der Waals surface area (Å²) >= 11 is 0. The molecule has 0 radical (unpaired) electrons. The van der Waals surface area contributed by atoms with E-state index in [1.807, 2.05) is 0 Å². The molecule has 160 valence electrons. The number of ether oxygens (including phenoxy) is 1. The van der Waals surface area contributed by atoms with Crippen molar-refractivity contribution in [1.82, 2.24) is 14.6 Å². The van der Waals surface area contributed by atoms with Crippen LogP contribution in [-0.4, -0.2) is 56.3 Å². The van der Waals surface area contributed by atoms with E-state index in [9.17, 15) is 18.0 Å². The maximum Gasteiger partial charge on any atom is 0.243 e. The number of nitrogens with one attached hydrogen (secondary N) is 2. The number of hydrogen-bond acceptors (Lipinski definition) is 6. The van der Waals surface area contributed by atoms with Crippen LogP contribution in [0.25, 0.3) is 0 Å². The minimum absolute atomic E-state index is 0.0756. The molecule has 0 saturated carbocycles. The second-order valence-electron chi connectivity index (χ2n) is 6.88. The Morgan fingerprint density at radius 2 is 1.87 bits per heavy atom. The van der Waals surface area contributed by atoms with E-state index in [-0.39, 0.29) is 29.8 Å². The molecule has 2 amide bonds. The van der Waals surface area contributed by atoms with Crippen LogP contribution in [0.5, 0.6) is 5.75 Å². The van der Waals surface area contributed by atoms with E-state index in [1.165, 1.54) is 23.5 Å². The fourth-order valence-corrected chi connectivity index (χ4v) is 4.75. The Morgan fingerprint density at radius 3 is 2.53 bits per heavy atom. The molecule has 1 aromatic carbocycles. The number of amides is 2. The first-order chi connectivity index (χ1) is 14.4. The van der Waals surface area contributed by atoms with E-state index in [4.69, 9.17) is 4.74 Å². The summed E-state index contributed by atoms with van der Waals surface area (Å²) in [6.07, 6.45) is 4.23. The van der Waals surface area contributed by atoms with Crippen LogP contribution in [-0.2, 0) is 19.6 Å². The topological polar surface area (TPSA) is 118 Å². The largest absolute Gasteiger partial charge is 0.497 e. The molecule has 1 fully saturated rings. The Labute approximate surface area is 175 Å². The lowest BCUT2D eigenvalue weighted by molar-refractivity contribution is -0.128.